The van der Waals surface area contributed by atoms with Gasteiger partial charge in [-0.15, -0.1) is 0 Å². The minimum atomic E-state index is -0.183. The highest BCUT2D eigenvalue weighted by atomic mass is 16.5. The zero-order valence-electron chi connectivity index (χ0n) is 42.0. The van der Waals surface area contributed by atoms with Crippen LogP contribution < -0.4 is 5.32 Å². The highest BCUT2D eigenvalue weighted by molar-refractivity contribution is 5.76. The van der Waals surface area contributed by atoms with E-state index in [1.807, 2.05) is 11.9 Å². The van der Waals surface area contributed by atoms with Crippen LogP contribution in [-0.4, -0.2) is 62.6 Å². The smallest absolute Gasteiger partial charge is 0.305 e. The summed E-state index contributed by atoms with van der Waals surface area (Å²) in [7, 11) is 1.89. The fraction of sp³-hybridized carbons (Fsp3) is 0.943. The van der Waals surface area contributed by atoms with Gasteiger partial charge in [0.1, 0.15) is 0 Å². The first-order valence-corrected chi connectivity index (χ1v) is 25.9. The van der Waals surface area contributed by atoms with Gasteiger partial charge in [0.15, 0.2) is 0 Å². The van der Waals surface area contributed by atoms with E-state index in [-0.39, 0.29) is 17.8 Å². The van der Waals surface area contributed by atoms with E-state index in [0.717, 1.165) is 61.3 Å². The maximum atomic E-state index is 13.0. The molecular weight excluding hydrogens is 745 g/mol. The van der Waals surface area contributed by atoms with Gasteiger partial charge >= 0.3 is 11.9 Å². The molecular formula is C53H104N2O5. The minimum Gasteiger partial charge on any atom is -0.466 e. The summed E-state index contributed by atoms with van der Waals surface area (Å²) in [4.78, 5) is 40.0. The molecule has 0 saturated heterocycles. The Hall–Kier alpha value is -1.63. The van der Waals surface area contributed by atoms with Crippen LogP contribution in [0.1, 0.15) is 236 Å². The van der Waals surface area contributed by atoms with Crippen molar-refractivity contribution in [2.75, 3.05) is 39.9 Å². The number of esters is 2. The second-order valence-corrected chi connectivity index (χ2v) is 20.8. The first kappa shape index (κ1) is 58.4. The molecule has 60 heavy (non-hydrogen) atoms. The summed E-state index contributed by atoms with van der Waals surface area (Å²) in [5, 5.41) is 3.11. The van der Waals surface area contributed by atoms with Gasteiger partial charge in [-0.25, -0.2) is 0 Å². The third-order valence-corrected chi connectivity index (χ3v) is 13.1. The number of amides is 1. The van der Waals surface area contributed by atoms with Crippen molar-refractivity contribution in [2.24, 2.45) is 47.3 Å². The second kappa shape index (κ2) is 39.0. The molecule has 356 valence electrons. The number of hydrogen-bond donors (Lipinski definition) is 1. The van der Waals surface area contributed by atoms with Crippen molar-refractivity contribution in [3.05, 3.63) is 0 Å². The van der Waals surface area contributed by atoms with E-state index >= 15 is 0 Å². The summed E-state index contributed by atoms with van der Waals surface area (Å²) in [5.41, 5.74) is 0. The monoisotopic (exact) mass is 849 g/mol. The first-order valence-electron chi connectivity index (χ1n) is 25.9. The van der Waals surface area contributed by atoms with Crippen molar-refractivity contribution >= 4 is 17.8 Å². The van der Waals surface area contributed by atoms with Gasteiger partial charge in [-0.05, 0) is 93.0 Å². The number of rotatable bonds is 42. The van der Waals surface area contributed by atoms with Crippen LogP contribution in [0.2, 0.25) is 0 Å². The van der Waals surface area contributed by atoms with Crippen LogP contribution in [0, 0.1) is 47.3 Å². The Morgan fingerprint density at radius 2 is 0.700 bits per heavy atom. The van der Waals surface area contributed by atoms with Crippen molar-refractivity contribution in [2.45, 2.75) is 236 Å². The predicted octanol–water partition coefficient (Wildman–Crippen LogP) is 14.4. The Morgan fingerprint density at radius 1 is 0.400 bits per heavy atom. The maximum absolute atomic E-state index is 13.0. The molecule has 0 saturated carbocycles. The summed E-state index contributed by atoms with van der Waals surface area (Å²) >= 11 is 0. The minimum absolute atomic E-state index is 0.0802. The van der Waals surface area contributed by atoms with Crippen LogP contribution in [0.25, 0.3) is 0 Å². The fourth-order valence-electron chi connectivity index (χ4n) is 8.53. The lowest BCUT2D eigenvalue weighted by Crippen LogP contribution is -2.34. The van der Waals surface area contributed by atoms with Gasteiger partial charge < -0.3 is 19.7 Å². The molecule has 0 aliphatic rings. The van der Waals surface area contributed by atoms with E-state index in [4.69, 9.17) is 9.47 Å². The Balaban J connectivity index is 4.25. The lowest BCUT2D eigenvalue weighted by atomic mass is 9.91. The van der Waals surface area contributed by atoms with Crippen molar-refractivity contribution in [1.29, 1.82) is 0 Å². The fourth-order valence-corrected chi connectivity index (χ4v) is 8.53. The first-order chi connectivity index (χ1) is 28.6. The van der Waals surface area contributed by atoms with Gasteiger partial charge in [0.2, 0.25) is 5.91 Å². The van der Waals surface area contributed by atoms with Crippen molar-refractivity contribution in [3.63, 3.8) is 0 Å². The normalized spacial score (nSPS) is 14.8. The zero-order chi connectivity index (χ0) is 45.0. The van der Waals surface area contributed by atoms with E-state index in [1.54, 1.807) is 0 Å². The van der Waals surface area contributed by atoms with Gasteiger partial charge in [-0.2, -0.15) is 0 Å². The molecule has 1 N–H and O–H groups in total. The highest BCUT2D eigenvalue weighted by Gasteiger charge is 2.16. The predicted molar refractivity (Wildman–Crippen MR) is 257 cm³/mol. The molecule has 0 aromatic carbocycles. The van der Waals surface area contributed by atoms with E-state index in [0.29, 0.717) is 70.2 Å². The number of carbonyl (C=O) groups is 3. The van der Waals surface area contributed by atoms with Crippen LogP contribution in [0.5, 0.6) is 0 Å². The van der Waals surface area contributed by atoms with Gasteiger partial charge in [-0.1, -0.05) is 185 Å². The average Bonchev–Trinajstić information content (AvgIpc) is 3.17. The molecule has 0 aliphatic heterocycles. The van der Waals surface area contributed by atoms with Crippen molar-refractivity contribution < 1.29 is 23.9 Å². The van der Waals surface area contributed by atoms with Crippen molar-refractivity contribution in [3.8, 4) is 0 Å². The Bertz CT molecular complexity index is 949. The van der Waals surface area contributed by atoms with Gasteiger partial charge in [0.05, 0.1) is 13.2 Å². The zero-order valence-corrected chi connectivity index (χ0v) is 42.0. The van der Waals surface area contributed by atoms with Crippen LogP contribution in [0.4, 0.5) is 0 Å². The van der Waals surface area contributed by atoms with Gasteiger partial charge in [0, 0.05) is 32.4 Å². The molecule has 0 heterocycles. The van der Waals surface area contributed by atoms with Crippen molar-refractivity contribution in [1.82, 2.24) is 10.2 Å². The molecule has 0 radical (unpaired) electrons. The number of carbonyl (C=O) groups excluding carboxylic acids is 3. The molecule has 6 atom stereocenters. The number of nitrogens with one attached hydrogen (secondary N) is 1. The molecule has 6 unspecified atom stereocenters. The lowest BCUT2D eigenvalue weighted by molar-refractivity contribution is -0.144. The average molecular weight is 849 g/mol. The lowest BCUT2D eigenvalue weighted by Gasteiger charge is -2.23. The molecule has 0 spiro atoms. The Labute approximate surface area is 374 Å². The maximum Gasteiger partial charge on any atom is 0.305 e. The quantitative estimate of drug-likeness (QED) is 0.0486. The standard InChI is InChI=1S/C53H104N2O5/c1-43(2)21-12-23-45(5)25-14-27-47(7)29-16-31-49(9)36-41-59-52(57)34-19-39-55(51(56)33-18-38-54-11)40-20-35-53(58)60-42-37-50(10)32-17-30-48(8)28-15-26-46(6)24-13-22-44(3)4/h43-50,54H,12-42H2,1-11H3. The summed E-state index contributed by atoms with van der Waals surface area (Å²) in [6.45, 7) is 26.2. The van der Waals surface area contributed by atoms with E-state index in [9.17, 15) is 14.4 Å². The van der Waals surface area contributed by atoms with Gasteiger partial charge in [0.25, 0.3) is 0 Å². The summed E-state index contributed by atoms with van der Waals surface area (Å²) < 4.78 is 11.2. The molecule has 1 amide bonds. The highest BCUT2D eigenvalue weighted by Crippen LogP contribution is 2.24. The van der Waals surface area contributed by atoms with Crippen LogP contribution in [-0.2, 0) is 23.9 Å². The van der Waals surface area contributed by atoms with E-state index in [1.165, 1.54) is 116 Å². The molecule has 0 aliphatic carbocycles. The molecule has 0 bridgehead atoms. The van der Waals surface area contributed by atoms with Gasteiger partial charge in [-0.3, -0.25) is 14.4 Å². The molecule has 7 heteroatoms. The molecule has 0 aromatic rings. The summed E-state index contributed by atoms with van der Waals surface area (Å²) in [6.07, 6.45) is 28.5. The molecule has 0 rings (SSSR count). The Morgan fingerprint density at radius 3 is 1.00 bits per heavy atom. The molecule has 0 fully saturated rings. The second-order valence-electron chi connectivity index (χ2n) is 20.8. The topological polar surface area (TPSA) is 84.9 Å². The summed E-state index contributed by atoms with van der Waals surface area (Å²) in [5.74, 6) is 5.72. The van der Waals surface area contributed by atoms with E-state index in [2.05, 4.69) is 74.6 Å². The summed E-state index contributed by atoms with van der Waals surface area (Å²) in [6, 6.07) is 0. The van der Waals surface area contributed by atoms with Crippen LogP contribution in [0.15, 0.2) is 0 Å². The number of nitrogens with zero attached hydrogens (tertiary/aromatic N) is 1. The molecule has 7 nitrogen and oxygen atoms in total. The SMILES string of the molecule is CNCCCC(=O)N(CCCC(=O)OCCC(C)CCCC(C)CCCC(C)CCCC(C)C)CCCC(=O)OCCC(C)CCCC(C)CCCC(C)CCCC(C)C. The number of hydrogen-bond acceptors (Lipinski definition) is 6. The van der Waals surface area contributed by atoms with Crippen LogP contribution >= 0.6 is 0 Å². The third-order valence-electron chi connectivity index (χ3n) is 13.1. The molecule has 0 aromatic heterocycles. The number of ether oxygens (including phenoxy) is 2. The van der Waals surface area contributed by atoms with Crippen LogP contribution in [0.3, 0.4) is 0 Å². The Kier molecular flexibility index (Phi) is 37.9. The largest absolute Gasteiger partial charge is 0.466 e. The van der Waals surface area contributed by atoms with E-state index < -0.39 is 0 Å². The third kappa shape index (κ3) is 38.1.